The predicted octanol–water partition coefficient (Wildman–Crippen LogP) is 3.29. The number of carbonyl (C=O) groups excluding carboxylic acids is 1. The predicted molar refractivity (Wildman–Crippen MR) is 146 cm³/mol. The maximum absolute atomic E-state index is 14.7. The van der Waals surface area contributed by atoms with Crippen LogP contribution >= 0.6 is 0 Å². The van der Waals surface area contributed by atoms with Crippen molar-refractivity contribution >= 4 is 22.5 Å². The van der Waals surface area contributed by atoms with E-state index in [0.29, 0.717) is 48.7 Å². The van der Waals surface area contributed by atoms with Crippen molar-refractivity contribution in [3.05, 3.63) is 30.2 Å². The molecular formula is C28H35F4N7O3. The number of nitrogens with zero attached hydrogens (tertiary/aromatic N) is 5. The molecule has 2 aromatic heterocycles. The van der Waals surface area contributed by atoms with Gasteiger partial charge in [0.25, 0.3) is 0 Å². The van der Waals surface area contributed by atoms with Crippen molar-refractivity contribution in [1.82, 2.24) is 29.8 Å². The number of likely N-dealkylation sites (tertiary alicyclic amines) is 1. The van der Waals surface area contributed by atoms with Crippen LogP contribution in [0.3, 0.4) is 0 Å². The Kier molecular flexibility index (Phi) is 8.11. The number of amides is 1. The molecule has 3 aromatic rings. The van der Waals surface area contributed by atoms with Gasteiger partial charge in [0, 0.05) is 49.7 Å². The molecule has 1 aliphatic carbocycles. The Morgan fingerprint density at radius 2 is 2.00 bits per heavy atom. The van der Waals surface area contributed by atoms with Crippen molar-refractivity contribution in [2.24, 2.45) is 11.8 Å². The maximum Gasteiger partial charge on any atom is 0.406 e. The van der Waals surface area contributed by atoms with E-state index in [0.717, 1.165) is 30.6 Å². The smallest absolute Gasteiger partial charge is 0.379 e. The quantitative estimate of drug-likeness (QED) is 0.365. The average Bonchev–Trinajstić information content (AvgIpc) is 3.39. The van der Waals surface area contributed by atoms with E-state index in [2.05, 4.69) is 25.7 Å². The van der Waals surface area contributed by atoms with Gasteiger partial charge in [0.1, 0.15) is 12.7 Å². The first kappa shape index (κ1) is 28.9. The molecular weight excluding hydrogens is 558 g/mol. The van der Waals surface area contributed by atoms with Crippen molar-refractivity contribution in [3.8, 4) is 11.5 Å². The van der Waals surface area contributed by atoms with Gasteiger partial charge in [-0.1, -0.05) is 11.2 Å². The van der Waals surface area contributed by atoms with Crippen LogP contribution in [-0.4, -0.2) is 102 Å². The fourth-order valence-electron chi connectivity index (χ4n) is 5.97. The zero-order valence-electron chi connectivity index (χ0n) is 23.4. The summed E-state index contributed by atoms with van der Waals surface area (Å²) in [4.78, 5) is 21.2. The zero-order valence-corrected chi connectivity index (χ0v) is 23.4. The van der Waals surface area contributed by atoms with E-state index in [1.54, 1.807) is 24.3 Å². The molecule has 4 heterocycles. The van der Waals surface area contributed by atoms with E-state index in [1.165, 1.54) is 0 Å². The van der Waals surface area contributed by atoms with Gasteiger partial charge in [0.05, 0.1) is 37.0 Å². The van der Waals surface area contributed by atoms with Gasteiger partial charge in [0.2, 0.25) is 17.6 Å². The molecule has 14 heteroatoms. The van der Waals surface area contributed by atoms with Crippen LogP contribution in [0.15, 0.2) is 28.8 Å². The number of anilines is 1. The van der Waals surface area contributed by atoms with Crippen LogP contribution in [0.25, 0.3) is 22.4 Å². The van der Waals surface area contributed by atoms with Gasteiger partial charge in [0.15, 0.2) is 0 Å². The number of nitrogens with one attached hydrogen (secondary N) is 2. The lowest BCUT2D eigenvalue weighted by molar-refractivity contribution is -0.139. The number of fused-ring (bicyclic) bond motifs is 1. The lowest BCUT2D eigenvalue weighted by Gasteiger charge is -2.33. The van der Waals surface area contributed by atoms with E-state index < -0.39 is 24.9 Å². The first-order chi connectivity index (χ1) is 20.1. The Labute approximate surface area is 240 Å². The Morgan fingerprint density at radius 3 is 2.76 bits per heavy atom. The molecule has 10 nitrogen and oxygen atoms in total. The Morgan fingerprint density at radius 1 is 1.19 bits per heavy atom. The summed E-state index contributed by atoms with van der Waals surface area (Å²) >= 11 is 0. The number of benzene rings is 1. The summed E-state index contributed by atoms with van der Waals surface area (Å²) in [5.41, 5.74) is 0.972. The number of hydrogen-bond donors (Lipinski definition) is 2. The van der Waals surface area contributed by atoms with Gasteiger partial charge in [-0.15, -0.1) is 0 Å². The summed E-state index contributed by atoms with van der Waals surface area (Å²) in [7, 11) is 1.85. The van der Waals surface area contributed by atoms with Crippen molar-refractivity contribution in [1.29, 1.82) is 0 Å². The van der Waals surface area contributed by atoms with Crippen molar-refractivity contribution in [3.63, 3.8) is 0 Å². The Balaban J connectivity index is 1.17. The SMILES string of the molecule is CN1CC[C@@H](Nc2cccc3c2cc(-c2noc(CNC(=O)[C@@H]4C[C@H]4CN4CCOCC4)n2)n3CC(F)(F)F)[C@@H](F)C1. The van der Waals surface area contributed by atoms with E-state index in [9.17, 15) is 22.4 Å². The zero-order chi connectivity index (χ0) is 29.4. The van der Waals surface area contributed by atoms with Gasteiger partial charge in [-0.3, -0.25) is 9.69 Å². The number of alkyl halides is 4. The van der Waals surface area contributed by atoms with E-state index in [-0.39, 0.29) is 42.3 Å². The van der Waals surface area contributed by atoms with Crippen LogP contribution in [0, 0.1) is 11.8 Å². The second-order valence-corrected chi connectivity index (χ2v) is 11.5. The third-order valence-corrected chi connectivity index (χ3v) is 8.34. The molecule has 6 rings (SSSR count). The normalized spacial score (nSPS) is 25.5. The molecule has 0 unspecified atom stereocenters. The summed E-state index contributed by atoms with van der Waals surface area (Å²) in [6, 6.07) is 6.07. The van der Waals surface area contributed by atoms with Gasteiger partial charge < -0.3 is 29.4 Å². The maximum atomic E-state index is 14.7. The molecule has 0 radical (unpaired) electrons. The van der Waals surface area contributed by atoms with E-state index >= 15 is 0 Å². The Bertz CT molecular complexity index is 1400. The lowest BCUT2D eigenvalue weighted by atomic mass is 10.0. The van der Waals surface area contributed by atoms with Crippen LogP contribution < -0.4 is 10.6 Å². The minimum absolute atomic E-state index is 0.0209. The molecule has 2 saturated heterocycles. The highest BCUT2D eigenvalue weighted by Gasteiger charge is 2.43. The number of morpholine rings is 1. The number of carbonyl (C=O) groups is 1. The van der Waals surface area contributed by atoms with Crippen molar-refractivity contribution in [2.75, 3.05) is 58.3 Å². The highest BCUT2D eigenvalue weighted by molar-refractivity contribution is 5.96. The number of hydrogen-bond acceptors (Lipinski definition) is 8. The molecule has 228 valence electrons. The van der Waals surface area contributed by atoms with E-state index in [1.807, 2.05) is 11.9 Å². The lowest BCUT2D eigenvalue weighted by Crippen LogP contribution is -2.46. The molecule has 2 N–H and O–H groups in total. The molecule has 42 heavy (non-hydrogen) atoms. The van der Waals surface area contributed by atoms with E-state index in [4.69, 9.17) is 9.26 Å². The number of piperidine rings is 1. The third kappa shape index (κ3) is 6.55. The highest BCUT2D eigenvalue weighted by Crippen LogP contribution is 2.39. The number of aromatic nitrogens is 3. The number of ether oxygens (including phenoxy) is 1. The number of halogens is 4. The van der Waals surface area contributed by atoms with Crippen LogP contribution in [-0.2, 0) is 22.6 Å². The first-order valence-corrected chi connectivity index (χ1v) is 14.3. The standard InChI is InChI=1S/C28H35F4N7O3/c1-37-6-5-22(20(29)15-37)34-21-3-2-4-23-19(21)12-24(39(23)16-28(30,31)32)26-35-25(42-36-26)13-33-27(40)18-11-17(18)14-38-7-9-41-10-8-38/h2-4,12,17-18,20,22,34H,5-11,13-16H2,1H3,(H,33,40)/t17-,18+,20-,22+/m0/s1. The summed E-state index contributed by atoms with van der Waals surface area (Å²) in [6.45, 7) is 3.72. The second kappa shape index (κ2) is 11.8. The molecule has 1 amide bonds. The fourth-order valence-corrected chi connectivity index (χ4v) is 5.97. The monoisotopic (exact) mass is 593 g/mol. The summed E-state index contributed by atoms with van der Waals surface area (Å²) in [5, 5.41) is 10.5. The van der Waals surface area contributed by atoms with Gasteiger partial charge in [-0.2, -0.15) is 18.2 Å². The second-order valence-electron chi connectivity index (χ2n) is 11.5. The molecule has 1 aromatic carbocycles. The third-order valence-electron chi connectivity index (χ3n) is 8.34. The van der Waals surface area contributed by atoms with Crippen LogP contribution in [0.1, 0.15) is 18.7 Å². The topological polar surface area (TPSA) is 101 Å². The minimum Gasteiger partial charge on any atom is -0.379 e. The van der Waals surface area contributed by atoms with Gasteiger partial charge in [-0.25, -0.2) is 4.39 Å². The summed E-state index contributed by atoms with van der Waals surface area (Å²) in [5.74, 6) is 0.186. The largest absolute Gasteiger partial charge is 0.406 e. The van der Waals surface area contributed by atoms with Gasteiger partial charge in [-0.05, 0) is 44.0 Å². The average molecular weight is 594 g/mol. The molecule has 3 fully saturated rings. The highest BCUT2D eigenvalue weighted by atomic mass is 19.4. The molecule has 4 atom stereocenters. The number of rotatable bonds is 9. The molecule has 0 bridgehead atoms. The molecule has 2 aliphatic heterocycles. The van der Waals surface area contributed by atoms with Crippen LogP contribution in [0.2, 0.25) is 0 Å². The van der Waals surface area contributed by atoms with Crippen molar-refractivity contribution in [2.45, 2.75) is 44.3 Å². The molecule has 0 spiro atoms. The minimum atomic E-state index is -4.51. The van der Waals surface area contributed by atoms with Gasteiger partial charge >= 0.3 is 6.18 Å². The first-order valence-electron chi connectivity index (χ1n) is 14.3. The van der Waals surface area contributed by atoms with Crippen LogP contribution in [0.4, 0.5) is 23.2 Å². The fraction of sp³-hybridized carbons (Fsp3) is 0.607. The Hall–Kier alpha value is -3.23. The van der Waals surface area contributed by atoms with Crippen molar-refractivity contribution < 1.29 is 31.6 Å². The van der Waals surface area contributed by atoms with Crippen LogP contribution in [0.5, 0.6) is 0 Å². The molecule has 1 saturated carbocycles. The summed E-state index contributed by atoms with van der Waals surface area (Å²) in [6.07, 6.45) is -4.24. The summed E-state index contributed by atoms with van der Waals surface area (Å²) < 4.78 is 67.5. The molecule has 3 aliphatic rings.